The molecule has 1 N–H and O–H groups in total. The maximum atomic E-state index is 11.6. The molecule has 0 bridgehead atoms. The molecule has 2 nitrogen and oxygen atoms in total. The molecule has 0 aliphatic carbocycles. The third kappa shape index (κ3) is 2.32. The fourth-order valence-corrected chi connectivity index (χ4v) is 3.39. The lowest BCUT2D eigenvalue weighted by Gasteiger charge is -2.11. The number of aromatic nitrogens is 1. The third-order valence-electron chi connectivity index (χ3n) is 4.21. The molecule has 0 spiro atoms. The number of halogens is 1. The molecule has 4 rings (SSSR count). The molecule has 24 heavy (non-hydrogen) atoms. The highest BCUT2D eigenvalue weighted by Crippen LogP contribution is 2.40. The average molecular weight is 332 g/mol. The van der Waals surface area contributed by atoms with Gasteiger partial charge < -0.3 is 4.98 Å². The second-order valence-corrected chi connectivity index (χ2v) is 6.01. The van der Waals surface area contributed by atoms with Crippen LogP contribution in [0, 0.1) is 0 Å². The normalized spacial score (nSPS) is 10.9. The monoisotopic (exact) mass is 331 g/mol. The second-order valence-electron chi connectivity index (χ2n) is 5.60. The highest BCUT2D eigenvalue weighted by molar-refractivity contribution is 6.33. The number of carbonyl (C=O) groups excluding carboxylic acids is 1. The number of benzene rings is 3. The predicted octanol–water partition coefficient (Wildman–Crippen LogP) is 5.97. The molecular weight excluding hydrogens is 318 g/mol. The van der Waals surface area contributed by atoms with Crippen molar-refractivity contribution in [3.63, 3.8) is 0 Å². The van der Waals surface area contributed by atoms with Gasteiger partial charge in [-0.15, -0.1) is 0 Å². The van der Waals surface area contributed by atoms with Gasteiger partial charge in [0.1, 0.15) is 0 Å². The Morgan fingerprint density at radius 3 is 2.12 bits per heavy atom. The summed E-state index contributed by atoms with van der Waals surface area (Å²) in [6.07, 6.45) is 0.874. The fourth-order valence-electron chi connectivity index (χ4n) is 3.16. The zero-order chi connectivity index (χ0) is 16.5. The van der Waals surface area contributed by atoms with E-state index < -0.39 is 0 Å². The summed E-state index contributed by atoms with van der Waals surface area (Å²) in [6.45, 7) is 0. The minimum Gasteiger partial charge on any atom is -0.352 e. The van der Waals surface area contributed by atoms with Crippen molar-refractivity contribution in [1.82, 2.24) is 4.98 Å². The van der Waals surface area contributed by atoms with Crippen molar-refractivity contribution in [3.05, 3.63) is 83.5 Å². The zero-order valence-electron chi connectivity index (χ0n) is 12.8. The highest BCUT2D eigenvalue weighted by Gasteiger charge is 2.17. The van der Waals surface area contributed by atoms with E-state index in [1.807, 2.05) is 72.8 Å². The van der Waals surface area contributed by atoms with E-state index in [4.69, 9.17) is 11.6 Å². The Kier molecular flexibility index (Phi) is 3.68. The van der Waals surface area contributed by atoms with Gasteiger partial charge in [-0.1, -0.05) is 72.3 Å². The van der Waals surface area contributed by atoms with E-state index in [1.54, 1.807) is 0 Å². The van der Waals surface area contributed by atoms with Crippen LogP contribution in [0.3, 0.4) is 0 Å². The summed E-state index contributed by atoms with van der Waals surface area (Å²) in [5.74, 6) is 0. The van der Waals surface area contributed by atoms with Crippen molar-refractivity contribution in [2.75, 3.05) is 0 Å². The van der Waals surface area contributed by atoms with Crippen molar-refractivity contribution >= 4 is 28.8 Å². The summed E-state index contributed by atoms with van der Waals surface area (Å²) in [7, 11) is 0. The van der Waals surface area contributed by atoms with Crippen molar-refractivity contribution in [3.8, 4) is 22.3 Å². The van der Waals surface area contributed by atoms with Crippen molar-refractivity contribution in [2.45, 2.75) is 0 Å². The maximum Gasteiger partial charge on any atom is 0.166 e. The minimum absolute atomic E-state index is 0.579. The van der Waals surface area contributed by atoms with Gasteiger partial charge in [-0.05, 0) is 23.3 Å². The lowest BCUT2D eigenvalue weighted by Crippen LogP contribution is -1.89. The first-order chi connectivity index (χ1) is 11.8. The van der Waals surface area contributed by atoms with Gasteiger partial charge in [0.05, 0.1) is 5.69 Å². The van der Waals surface area contributed by atoms with Crippen LogP contribution in [0.4, 0.5) is 0 Å². The Hall–Kier alpha value is -2.84. The van der Waals surface area contributed by atoms with Crippen LogP contribution >= 0.6 is 11.6 Å². The van der Waals surface area contributed by atoms with Gasteiger partial charge in [-0.3, -0.25) is 4.79 Å². The summed E-state index contributed by atoms with van der Waals surface area (Å²) >= 11 is 6.41. The van der Waals surface area contributed by atoms with Gasteiger partial charge in [0, 0.05) is 27.1 Å². The van der Waals surface area contributed by atoms with Crippen LogP contribution in [-0.4, -0.2) is 11.3 Å². The first-order valence-electron chi connectivity index (χ1n) is 7.70. The maximum absolute atomic E-state index is 11.6. The van der Waals surface area contributed by atoms with Crippen LogP contribution in [0.5, 0.6) is 0 Å². The summed E-state index contributed by atoms with van der Waals surface area (Å²) in [5, 5.41) is 1.72. The van der Waals surface area contributed by atoms with Crippen LogP contribution in [0.1, 0.15) is 10.5 Å². The molecule has 116 valence electrons. The Labute approximate surface area is 144 Å². The van der Waals surface area contributed by atoms with E-state index in [0.717, 1.165) is 39.4 Å². The molecule has 1 heterocycles. The summed E-state index contributed by atoms with van der Waals surface area (Å²) in [6, 6.07) is 23.7. The van der Waals surface area contributed by atoms with Gasteiger partial charge in [-0.25, -0.2) is 0 Å². The minimum atomic E-state index is 0.579. The Balaban J connectivity index is 2.06. The molecule has 0 aliphatic rings. The molecule has 0 saturated heterocycles. The van der Waals surface area contributed by atoms with E-state index in [2.05, 4.69) is 4.98 Å². The molecule has 0 fully saturated rings. The topological polar surface area (TPSA) is 32.9 Å². The van der Waals surface area contributed by atoms with Gasteiger partial charge in [0.25, 0.3) is 0 Å². The third-order valence-corrected chi connectivity index (χ3v) is 4.54. The van der Waals surface area contributed by atoms with E-state index in [1.165, 1.54) is 0 Å². The van der Waals surface area contributed by atoms with Crippen LogP contribution in [0.2, 0.25) is 5.02 Å². The second kappa shape index (κ2) is 5.99. The van der Waals surface area contributed by atoms with Crippen LogP contribution < -0.4 is 0 Å². The average Bonchev–Trinajstić information content (AvgIpc) is 3.01. The van der Waals surface area contributed by atoms with E-state index in [-0.39, 0.29) is 0 Å². The van der Waals surface area contributed by atoms with Crippen molar-refractivity contribution in [2.24, 2.45) is 0 Å². The Bertz CT molecular complexity index is 1050. The number of H-pyrrole nitrogens is 1. The lowest BCUT2D eigenvalue weighted by molar-refractivity contribution is 0.112. The predicted molar refractivity (Wildman–Crippen MR) is 99.6 cm³/mol. The van der Waals surface area contributed by atoms with Gasteiger partial charge >= 0.3 is 0 Å². The number of aromatic amines is 1. The molecule has 0 radical (unpaired) electrons. The lowest BCUT2D eigenvalue weighted by atomic mass is 9.93. The molecule has 0 unspecified atom stereocenters. The molecule has 0 atom stereocenters. The van der Waals surface area contributed by atoms with Crippen LogP contribution in [0.25, 0.3) is 33.2 Å². The Morgan fingerprint density at radius 1 is 0.750 bits per heavy atom. The number of carbonyl (C=O) groups is 1. The molecule has 3 aromatic carbocycles. The van der Waals surface area contributed by atoms with E-state index in [9.17, 15) is 4.79 Å². The number of hydrogen-bond acceptors (Lipinski definition) is 1. The number of fused-ring (bicyclic) bond motifs is 1. The molecule has 4 aromatic rings. The number of rotatable bonds is 3. The highest BCUT2D eigenvalue weighted by atomic mass is 35.5. The fraction of sp³-hybridized carbons (Fsp3) is 0. The molecule has 0 amide bonds. The largest absolute Gasteiger partial charge is 0.352 e. The van der Waals surface area contributed by atoms with Gasteiger partial charge in [0.15, 0.2) is 6.29 Å². The van der Waals surface area contributed by atoms with Crippen molar-refractivity contribution < 1.29 is 4.79 Å². The first-order valence-corrected chi connectivity index (χ1v) is 8.07. The van der Waals surface area contributed by atoms with Gasteiger partial charge in [-0.2, -0.15) is 0 Å². The van der Waals surface area contributed by atoms with Crippen LogP contribution in [-0.2, 0) is 0 Å². The number of nitrogens with one attached hydrogen (secondary N) is 1. The molecular formula is C21H14ClNO. The summed E-state index contributed by atoms with van der Waals surface area (Å²) in [5.41, 5.74) is 5.40. The summed E-state index contributed by atoms with van der Waals surface area (Å²) in [4.78, 5) is 14.8. The van der Waals surface area contributed by atoms with E-state index in [0.29, 0.717) is 10.7 Å². The van der Waals surface area contributed by atoms with E-state index >= 15 is 0 Å². The molecule has 0 saturated carbocycles. The van der Waals surface area contributed by atoms with Crippen LogP contribution in [0.15, 0.2) is 72.8 Å². The number of aldehydes is 1. The molecule has 3 heteroatoms. The SMILES string of the molecule is O=Cc1[nH]c2ccccc2c1-c1ccccc1-c1ccccc1Cl. The Morgan fingerprint density at radius 2 is 1.38 bits per heavy atom. The quantitative estimate of drug-likeness (QED) is 0.461. The first kappa shape index (κ1) is 14.7. The van der Waals surface area contributed by atoms with Crippen molar-refractivity contribution in [1.29, 1.82) is 0 Å². The zero-order valence-corrected chi connectivity index (χ0v) is 13.5. The number of para-hydroxylation sites is 1. The van der Waals surface area contributed by atoms with Gasteiger partial charge in [0.2, 0.25) is 0 Å². The molecule has 0 aliphatic heterocycles. The number of hydrogen-bond donors (Lipinski definition) is 1. The smallest absolute Gasteiger partial charge is 0.166 e. The molecule has 1 aromatic heterocycles. The standard InChI is InChI=1S/C21H14ClNO/c22-18-11-5-3-8-15(18)14-7-1-2-9-16(14)21-17-10-4-6-12-19(17)23-20(21)13-24/h1-13,23H. The summed E-state index contributed by atoms with van der Waals surface area (Å²) < 4.78 is 0.